The van der Waals surface area contributed by atoms with Crippen LogP contribution in [0.25, 0.3) is 0 Å². The first-order valence-electron chi connectivity index (χ1n) is 6.24. The third kappa shape index (κ3) is 5.17. The predicted molar refractivity (Wildman–Crippen MR) is 62.7 cm³/mol. The van der Waals surface area contributed by atoms with Gasteiger partial charge < -0.3 is 14.7 Å². The normalized spacial score (nSPS) is 20.3. The molecule has 0 aromatic carbocycles. The molecule has 1 N–H and O–H groups in total. The second-order valence-corrected chi connectivity index (χ2v) is 4.37. The summed E-state index contributed by atoms with van der Waals surface area (Å²) in [6.45, 7) is 4.11. The van der Waals surface area contributed by atoms with E-state index in [0.29, 0.717) is 6.54 Å². The van der Waals surface area contributed by atoms with Crippen LogP contribution in [0.4, 0.5) is 0 Å². The van der Waals surface area contributed by atoms with Gasteiger partial charge >= 0.3 is 5.97 Å². The Labute approximate surface area is 102 Å². The summed E-state index contributed by atoms with van der Waals surface area (Å²) >= 11 is 0. The zero-order valence-electron chi connectivity index (χ0n) is 10.4. The third-order valence-corrected chi connectivity index (χ3v) is 2.84. The lowest BCUT2D eigenvalue weighted by Crippen LogP contribution is -2.43. The number of piperidine rings is 1. The second-order valence-electron chi connectivity index (χ2n) is 4.37. The first kappa shape index (κ1) is 14.0. The highest BCUT2D eigenvalue weighted by atomic mass is 16.5. The van der Waals surface area contributed by atoms with Gasteiger partial charge in [-0.3, -0.25) is 9.59 Å². The lowest BCUT2D eigenvalue weighted by molar-refractivity contribution is -0.142. The van der Waals surface area contributed by atoms with E-state index in [4.69, 9.17) is 9.84 Å². The van der Waals surface area contributed by atoms with E-state index in [2.05, 4.69) is 6.92 Å². The van der Waals surface area contributed by atoms with Gasteiger partial charge in [0.15, 0.2) is 0 Å². The van der Waals surface area contributed by atoms with Crippen LogP contribution in [0.3, 0.4) is 0 Å². The summed E-state index contributed by atoms with van der Waals surface area (Å²) in [5, 5.41) is 8.53. The smallest absolute Gasteiger partial charge is 0.303 e. The second kappa shape index (κ2) is 7.27. The Morgan fingerprint density at radius 2 is 2.18 bits per heavy atom. The Kier molecular flexibility index (Phi) is 5.97. The van der Waals surface area contributed by atoms with E-state index in [9.17, 15) is 9.59 Å². The van der Waals surface area contributed by atoms with E-state index in [0.717, 1.165) is 32.4 Å². The molecule has 1 saturated heterocycles. The van der Waals surface area contributed by atoms with Crippen molar-refractivity contribution in [2.45, 2.75) is 45.1 Å². The molecule has 1 fully saturated rings. The number of carboxylic acids is 1. The number of ether oxygens (including phenoxy) is 1. The van der Waals surface area contributed by atoms with Crippen LogP contribution in [0, 0.1) is 0 Å². The van der Waals surface area contributed by atoms with Crippen molar-refractivity contribution in [3.8, 4) is 0 Å². The topological polar surface area (TPSA) is 66.8 Å². The Morgan fingerprint density at radius 1 is 1.41 bits per heavy atom. The molecule has 0 radical (unpaired) electrons. The van der Waals surface area contributed by atoms with Crippen molar-refractivity contribution in [2.75, 3.05) is 19.7 Å². The molecule has 0 aliphatic carbocycles. The zero-order chi connectivity index (χ0) is 12.7. The van der Waals surface area contributed by atoms with Gasteiger partial charge in [-0.2, -0.15) is 0 Å². The molecule has 1 aliphatic rings. The van der Waals surface area contributed by atoms with Crippen molar-refractivity contribution in [3.05, 3.63) is 0 Å². The summed E-state index contributed by atoms with van der Waals surface area (Å²) in [6.07, 6.45) is 3.03. The molecule has 0 aromatic heterocycles. The van der Waals surface area contributed by atoms with E-state index in [-0.39, 0.29) is 24.9 Å². The van der Waals surface area contributed by atoms with E-state index < -0.39 is 5.97 Å². The summed E-state index contributed by atoms with van der Waals surface area (Å²) in [6, 6.07) is 0. The molecule has 17 heavy (non-hydrogen) atoms. The average Bonchev–Trinajstić information content (AvgIpc) is 2.33. The molecule has 5 nitrogen and oxygen atoms in total. The van der Waals surface area contributed by atoms with Crippen LogP contribution < -0.4 is 0 Å². The van der Waals surface area contributed by atoms with Gasteiger partial charge in [-0.1, -0.05) is 6.92 Å². The van der Waals surface area contributed by atoms with E-state index >= 15 is 0 Å². The monoisotopic (exact) mass is 243 g/mol. The SMILES string of the molecule is CCCOC1CCCN(C(=O)CCC(=O)O)C1. The molecular weight excluding hydrogens is 222 g/mol. The van der Waals surface area contributed by atoms with Crippen molar-refractivity contribution in [1.29, 1.82) is 0 Å². The fourth-order valence-electron chi connectivity index (χ4n) is 1.96. The van der Waals surface area contributed by atoms with Crippen LogP contribution in [0.15, 0.2) is 0 Å². The number of nitrogens with zero attached hydrogens (tertiary/aromatic N) is 1. The Hall–Kier alpha value is -1.10. The molecule has 0 saturated carbocycles. The van der Waals surface area contributed by atoms with Crippen molar-refractivity contribution in [1.82, 2.24) is 4.90 Å². The lowest BCUT2D eigenvalue weighted by atomic mass is 10.1. The minimum absolute atomic E-state index is 0.0720. The summed E-state index contributed by atoms with van der Waals surface area (Å²) in [5.74, 6) is -0.994. The minimum atomic E-state index is -0.922. The quantitative estimate of drug-likeness (QED) is 0.763. The Bertz CT molecular complexity index is 267. The Balaban J connectivity index is 2.32. The maximum absolute atomic E-state index is 11.7. The summed E-state index contributed by atoms with van der Waals surface area (Å²) in [7, 11) is 0. The van der Waals surface area contributed by atoms with Crippen molar-refractivity contribution < 1.29 is 19.4 Å². The summed E-state index contributed by atoms with van der Waals surface area (Å²) in [4.78, 5) is 23.9. The third-order valence-electron chi connectivity index (χ3n) is 2.84. The Morgan fingerprint density at radius 3 is 2.82 bits per heavy atom. The van der Waals surface area contributed by atoms with Crippen molar-refractivity contribution in [2.24, 2.45) is 0 Å². The molecular formula is C12H21NO4. The summed E-state index contributed by atoms with van der Waals surface area (Å²) < 4.78 is 5.63. The maximum atomic E-state index is 11.7. The number of aliphatic carboxylic acids is 1. The number of rotatable bonds is 6. The van der Waals surface area contributed by atoms with Crippen molar-refractivity contribution >= 4 is 11.9 Å². The van der Waals surface area contributed by atoms with Gasteiger partial charge in [-0.25, -0.2) is 0 Å². The highest BCUT2D eigenvalue weighted by Gasteiger charge is 2.23. The number of hydrogen-bond acceptors (Lipinski definition) is 3. The largest absolute Gasteiger partial charge is 0.481 e. The molecule has 1 unspecified atom stereocenters. The van der Waals surface area contributed by atoms with Crippen LogP contribution >= 0.6 is 0 Å². The molecule has 0 spiro atoms. The molecule has 98 valence electrons. The van der Waals surface area contributed by atoms with Crippen LogP contribution in [-0.2, 0) is 14.3 Å². The van der Waals surface area contributed by atoms with Crippen LogP contribution in [0.1, 0.15) is 39.0 Å². The molecule has 1 rings (SSSR count). The highest BCUT2D eigenvalue weighted by molar-refractivity contribution is 5.80. The fraction of sp³-hybridized carbons (Fsp3) is 0.833. The maximum Gasteiger partial charge on any atom is 0.303 e. The molecule has 5 heteroatoms. The fourth-order valence-corrected chi connectivity index (χ4v) is 1.96. The van der Waals surface area contributed by atoms with E-state index in [1.807, 2.05) is 0 Å². The van der Waals surface area contributed by atoms with Crippen LogP contribution in [-0.4, -0.2) is 47.7 Å². The predicted octanol–water partition coefficient (Wildman–Crippen LogP) is 1.27. The van der Waals surface area contributed by atoms with Gasteiger partial charge in [-0.15, -0.1) is 0 Å². The standard InChI is InChI=1S/C12H21NO4/c1-2-8-17-10-4-3-7-13(9-10)11(14)5-6-12(15)16/h10H,2-9H2,1H3,(H,15,16). The number of carbonyl (C=O) groups excluding carboxylic acids is 1. The number of likely N-dealkylation sites (tertiary alicyclic amines) is 1. The van der Waals surface area contributed by atoms with E-state index in [1.54, 1.807) is 4.90 Å². The average molecular weight is 243 g/mol. The molecule has 0 bridgehead atoms. The molecule has 1 aliphatic heterocycles. The van der Waals surface area contributed by atoms with Gasteiger partial charge in [0.05, 0.1) is 12.5 Å². The zero-order valence-corrected chi connectivity index (χ0v) is 10.4. The molecule has 1 atom stereocenters. The van der Waals surface area contributed by atoms with Gasteiger partial charge in [0.25, 0.3) is 0 Å². The minimum Gasteiger partial charge on any atom is -0.481 e. The van der Waals surface area contributed by atoms with Crippen molar-refractivity contribution in [3.63, 3.8) is 0 Å². The number of carboxylic acid groups (broad SMARTS) is 1. The van der Waals surface area contributed by atoms with Crippen LogP contribution in [0.5, 0.6) is 0 Å². The van der Waals surface area contributed by atoms with Gasteiger partial charge in [0, 0.05) is 26.1 Å². The lowest BCUT2D eigenvalue weighted by Gasteiger charge is -2.32. The first-order chi connectivity index (χ1) is 8.13. The number of hydrogen-bond donors (Lipinski definition) is 1. The van der Waals surface area contributed by atoms with Gasteiger partial charge in [-0.05, 0) is 19.3 Å². The summed E-state index contributed by atoms with van der Waals surface area (Å²) in [5.41, 5.74) is 0. The first-order valence-corrected chi connectivity index (χ1v) is 6.24. The number of amides is 1. The molecule has 1 amide bonds. The van der Waals surface area contributed by atoms with E-state index in [1.165, 1.54) is 0 Å². The van der Waals surface area contributed by atoms with Gasteiger partial charge in [0.1, 0.15) is 0 Å². The van der Waals surface area contributed by atoms with Crippen LogP contribution in [0.2, 0.25) is 0 Å². The highest BCUT2D eigenvalue weighted by Crippen LogP contribution is 2.14. The molecule has 1 heterocycles. The number of carbonyl (C=O) groups is 2. The molecule has 0 aromatic rings. The van der Waals surface area contributed by atoms with Gasteiger partial charge in [0.2, 0.25) is 5.91 Å².